The standard InChI is InChI=1S/C22H34O4/c1-7-20(5)12-17(25)21(6)13(2)8-10-22(11-9-16(24)18(21)22)14(3)19(20)26-15(4)23/h7,13-14,17-19,25H,1,8-12H2,2-6H3. The highest BCUT2D eigenvalue weighted by molar-refractivity contribution is 5.85. The molecular weight excluding hydrogens is 328 g/mol. The maximum Gasteiger partial charge on any atom is 0.302 e. The van der Waals surface area contributed by atoms with Gasteiger partial charge in [-0.05, 0) is 37.0 Å². The Morgan fingerprint density at radius 2 is 1.96 bits per heavy atom. The SMILES string of the molecule is C=CC1(C)CC(O)C2(C)C(C)CCC3(CCC(=O)C32)C(C)C1OC(C)=O. The van der Waals surface area contributed by atoms with Crippen molar-refractivity contribution in [3.8, 4) is 0 Å². The predicted octanol–water partition coefficient (Wildman–Crippen LogP) is 3.91. The molecule has 0 spiro atoms. The second kappa shape index (κ2) is 6.19. The molecule has 0 aromatic carbocycles. The van der Waals surface area contributed by atoms with Crippen LogP contribution in [0.15, 0.2) is 12.7 Å². The molecule has 3 saturated carbocycles. The molecule has 8 unspecified atom stereocenters. The van der Waals surface area contributed by atoms with Crippen molar-refractivity contribution < 1.29 is 19.4 Å². The molecule has 146 valence electrons. The minimum atomic E-state index is -0.627. The van der Waals surface area contributed by atoms with Gasteiger partial charge in [0.1, 0.15) is 11.9 Å². The molecule has 0 aliphatic heterocycles. The lowest BCUT2D eigenvalue weighted by atomic mass is 9.44. The predicted molar refractivity (Wildman–Crippen MR) is 100 cm³/mol. The highest BCUT2D eigenvalue weighted by Crippen LogP contribution is 2.67. The van der Waals surface area contributed by atoms with Crippen LogP contribution in [0.5, 0.6) is 0 Å². The number of ether oxygens (including phenoxy) is 1. The topological polar surface area (TPSA) is 63.6 Å². The van der Waals surface area contributed by atoms with E-state index in [0.29, 0.717) is 12.8 Å². The van der Waals surface area contributed by atoms with Crippen LogP contribution in [0.25, 0.3) is 0 Å². The molecule has 4 heteroatoms. The Morgan fingerprint density at radius 1 is 1.31 bits per heavy atom. The van der Waals surface area contributed by atoms with Crippen molar-refractivity contribution in [2.45, 2.75) is 78.9 Å². The first kappa shape index (κ1) is 19.6. The van der Waals surface area contributed by atoms with E-state index in [1.54, 1.807) is 0 Å². The summed E-state index contributed by atoms with van der Waals surface area (Å²) >= 11 is 0. The summed E-state index contributed by atoms with van der Waals surface area (Å²) in [6.07, 6.45) is 4.66. The fraction of sp³-hybridized carbons (Fsp3) is 0.818. The summed E-state index contributed by atoms with van der Waals surface area (Å²) in [5.41, 5.74) is -1.16. The first-order valence-electron chi connectivity index (χ1n) is 10.0. The summed E-state index contributed by atoms with van der Waals surface area (Å²) in [6.45, 7) is 13.9. The number of aliphatic hydroxyl groups excluding tert-OH is 1. The van der Waals surface area contributed by atoms with Crippen LogP contribution in [0.3, 0.4) is 0 Å². The third kappa shape index (κ3) is 2.44. The minimum absolute atomic E-state index is 0.0465. The van der Waals surface area contributed by atoms with E-state index in [9.17, 15) is 14.7 Å². The lowest BCUT2D eigenvalue weighted by molar-refractivity contribution is -0.202. The van der Waals surface area contributed by atoms with Crippen LogP contribution in [0, 0.1) is 34.0 Å². The number of ketones is 1. The zero-order chi connectivity index (χ0) is 19.5. The average Bonchev–Trinajstić information content (AvgIpc) is 2.93. The zero-order valence-corrected chi connectivity index (χ0v) is 16.9. The smallest absolute Gasteiger partial charge is 0.302 e. The van der Waals surface area contributed by atoms with Crippen molar-refractivity contribution in [2.24, 2.45) is 34.0 Å². The molecule has 1 N–H and O–H groups in total. The Balaban J connectivity index is 2.21. The van der Waals surface area contributed by atoms with Crippen LogP contribution in [0.4, 0.5) is 0 Å². The normalized spacial score (nSPS) is 51.2. The number of aliphatic hydroxyl groups is 1. The second-order valence-electron chi connectivity index (χ2n) is 9.69. The third-order valence-corrected chi connectivity index (χ3v) is 8.58. The number of carbonyl (C=O) groups excluding carboxylic acids is 2. The minimum Gasteiger partial charge on any atom is -0.461 e. The molecule has 3 fully saturated rings. The van der Waals surface area contributed by atoms with Crippen molar-refractivity contribution in [3.63, 3.8) is 0 Å². The molecule has 0 aromatic rings. The zero-order valence-electron chi connectivity index (χ0n) is 16.9. The van der Waals surface area contributed by atoms with E-state index in [-0.39, 0.29) is 41.0 Å². The van der Waals surface area contributed by atoms with Crippen molar-refractivity contribution in [2.75, 3.05) is 0 Å². The van der Waals surface area contributed by atoms with E-state index in [2.05, 4.69) is 27.4 Å². The van der Waals surface area contributed by atoms with Crippen LogP contribution < -0.4 is 0 Å². The van der Waals surface area contributed by atoms with Gasteiger partial charge >= 0.3 is 5.97 Å². The van der Waals surface area contributed by atoms with Gasteiger partial charge in [-0.25, -0.2) is 0 Å². The number of hydrogen-bond donors (Lipinski definition) is 1. The van der Waals surface area contributed by atoms with Gasteiger partial charge in [0.2, 0.25) is 0 Å². The lowest BCUT2D eigenvalue weighted by Crippen LogP contribution is -2.62. The van der Waals surface area contributed by atoms with Gasteiger partial charge < -0.3 is 9.84 Å². The van der Waals surface area contributed by atoms with Gasteiger partial charge in [0.25, 0.3) is 0 Å². The highest BCUT2D eigenvalue weighted by atomic mass is 16.5. The fourth-order valence-electron chi connectivity index (χ4n) is 6.76. The van der Waals surface area contributed by atoms with E-state index in [1.165, 1.54) is 6.92 Å². The Bertz CT molecular complexity index is 628. The van der Waals surface area contributed by atoms with Crippen LogP contribution in [0.1, 0.15) is 66.7 Å². The molecule has 3 aliphatic rings. The van der Waals surface area contributed by atoms with E-state index >= 15 is 0 Å². The van der Waals surface area contributed by atoms with Crippen molar-refractivity contribution in [1.82, 2.24) is 0 Å². The van der Waals surface area contributed by atoms with Gasteiger partial charge in [0.15, 0.2) is 0 Å². The van der Waals surface area contributed by atoms with E-state index in [1.807, 2.05) is 13.0 Å². The summed E-state index contributed by atoms with van der Waals surface area (Å²) in [7, 11) is 0. The van der Waals surface area contributed by atoms with Gasteiger partial charge in [0.05, 0.1) is 6.10 Å². The van der Waals surface area contributed by atoms with E-state index in [0.717, 1.165) is 19.3 Å². The van der Waals surface area contributed by atoms with Gasteiger partial charge in [-0.1, -0.05) is 33.8 Å². The summed E-state index contributed by atoms with van der Waals surface area (Å²) in [4.78, 5) is 24.9. The molecule has 8 atom stereocenters. The van der Waals surface area contributed by atoms with E-state index < -0.39 is 16.9 Å². The van der Waals surface area contributed by atoms with Crippen molar-refractivity contribution in [3.05, 3.63) is 12.7 Å². The summed E-state index contributed by atoms with van der Waals surface area (Å²) in [5, 5.41) is 11.4. The molecule has 0 radical (unpaired) electrons. The Hall–Kier alpha value is -1.16. The number of Topliss-reactive ketones (excluding diaryl/α,β-unsaturated/α-hetero) is 1. The number of carbonyl (C=O) groups is 2. The molecular formula is C22H34O4. The number of rotatable bonds is 2. The molecule has 3 aliphatic carbocycles. The van der Waals surface area contributed by atoms with Gasteiger partial charge in [-0.15, -0.1) is 6.58 Å². The fourth-order valence-corrected chi connectivity index (χ4v) is 6.76. The maximum atomic E-state index is 13.0. The van der Waals surface area contributed by atoms with Crippen molar-refractivity contribution in [1.29, 1.82) is 0 Å². The summed E-state index contributed by atoms with van der Waals surface area (Å²) in [5.74, 6) is 0.147. The number of esters is 1. The molecule has 2 bridgehead atoms. The number of hydrogen-bond acceptors (Lipinski definition) is 4. The molecule has 26 heavy (non-hydrogen) atoms. The molecule has 3 rings (SSSR count). The monoisotopic (exact) mass is 362 g/mol. The maximum absolute atomic E-state index is 13.0. The third-order valence-electron chi connectivity index (χ3n) is 8.58. The second-order valence-corrected chi connectivity index (χ2v) is 9.69. The summed E-state index contributed by atoms with van der Waals surface area (Å²) in [6, 6.07) is 0. The van der Waals surface area contributed by atoms with Crippen LogP contribution >= 0.6 is 0 Å². The molecule has 0 amide bonds. The average molecular weight is 363 g/mol. The molecule has 0 aromatic heterocycles. The van der Waals surface area contributed by atoms with Crippen LogP contribution in [-0.4, -0.2) is 29.1 Å². The first-order valence-corrected chi connectivity index (χ1v) is 10.0. The largest absolute Gasteiger partial charge is 0.461 e. The highest BCUT2D eigenvalue weighted by Gasteiger charge is 2.67. The molecule has 4 nitrogen and oxygen atoms in total. The van der Waals surface area contributed by atoms with Gasteiger partial charge in [-0.2, -0.15) is 0 Å². The van der Waals surface area contributed by atoms with Crippen molar-refractivity contribution >= 4 is 11.8 Å². The van der Waals surface area contributed by atoms with Crippen LogP contribution in [0.2, 0.25) is 0 Å². The molecule has 0 heterocycles. The Kier molecular flexibility index (Phi) is 4.66. The molecule has 0 saturated heterocycles. The van der Waals surface area contributed by atoms with Crippen LogP contribution in [-0.2, 0) is 14.3 Å². The van der Waals surface area contributed by atoms with Gasteiger partial charge in [-0.3, -0.25) is 9.59 Å². The quantitative estimate of drug-likeness (QED) is 0.597. The summed E-state index contributed by atoms with van der Waals surface area (Å²) < 4.78 is 5.85. The van der Waals surface area contributed by atoms with Gasteiger partial charge in [0, 0.05) is 36.0 Å². The first-order chi connectivity index (χ1) is 12.0. The lowest BCUT2D eigenvalue weighted by Gasteiger charge is -2.61. The Labute approximate surface area is 157 Å². The van der Waals surface area contributed by atoms with E-state index in [4.69, 9.17) is 4.74 Å². The Morgan fingerprint density at radius 3 is 2.54 bits per heavy atom.